The Kier molecular flexibility index (Phi) is 7.87. The second kappa shape index (κ2) is 8.89. The molecule has 1 aliphatic rings. The van der Waals surface area contributed by atoms with Gasteiger partial charge in [0.05, 0.1) is 12.7 Å². The fourth-order valence-electron chi connectivity index (χ4n) is 2.63. The Hall–Kier alpha value is -0.120. The van der Waals surface area contributed by atoms with Crippen molar-refractivity contribution in [2.75, 3.05) is 19.8 Å². The Morgan fingerprint density at radius 1 is 1.28 bits per heavy atom. The minimum atomic E-state index is 0.199. The average Bonchev–Trinajstić information content (AvgIpc) is 2.37. The van der Waals surface area contributed by atoms with Crippen LogP contribution in [0.5, 0.6) is 0 Å². The van der Waals surface area contributed by atoms with E-state index < -0.39 is 0 Å². The summed E-state index contributed by atoms with van der Waals surface area (Å²) in [5.41, 5.74) is 0. The summed E-state index contributed by atoms with van der Waals surface area (Å²) in [5, 5.41) is 12.6. The van der Waals surface area contributed by atoms with Crippen LogP contribution in [0, 0.1) is 11.8 Å². The summed E-state index contributed by atoms with van der Waals surface area (Å²) in [6, 6.07) is 0.199. The van der Waals surface area contributed by atoms with Crippen LogP contribution in [0.2, 0.25) is 0 Å². The van der Waals surface area contributed by atoms with E-state index >= 15 is 0 Å². The normalized spacial score (nSPS) is 30.3. The van der Waals surface area contributed by atoms with E-state index in [-0.39, 0.29) is 12.6 Å². The molecule has 0 bridgehead atoms. The summed E-state index contributed by atoms with van der Waals surface area (Å²) in [6.07, 6.45) is 6.17. The van der Waals surface area contributed by atoms with Crippen molar-refractivity contribution < 1.29 is 9.84 Å². The highest BCUT2D eigenvalue weighted by Gasteiger charge is 2.24. The SMILES string of the molecule is CCCNC(CO)CCOC1CCC(C)C(C)C1. The van der Waals surface area contributed by atoms with Crippen LogP contribution in [-0.4, -0.2) is 37.0 Å². The Bertz CT molecular complexity index is 211. The van der Waals surface area contributed by atoms with Crippen LogP contribution < -0.4 is 5.32 Å². The van der Waals surface area contributed by atoms with Gasteiger partial charge in [0.25, 0.3) is 0 Å². The Labute approximate surface area is 112 Å². The van der Waals surface area contributed by atoms with Crippen LogP contribution in [-0.2, 0) is 4.74 Å². The molecule has 1 fully saturated rings. The highest BCUT2D eigenvalue weighted by atomic mass is 16.5. The molecule has 1 saturated carbocycles. The third-order valence-electron chi connectivity index (χ3n) is 4.27. The van der Waals surface area contributed by atoms with E-state index in [1.54, 1.807) is 0 Å². The maximum Gasteiger partial charge on any atom is 0.0585 e. The molecule has 18 heavy (non-hydrogen) atoms. The van der Waals surface area contributed by atoms with Crippen molar-refractivity contribution in [3.8, 4) is 0 Å². The molecule has 4 atom stereocenters. The van der Waals surface area contributed by atoms with Crippen molar-refractivity contribution in [3.63, 3.8) is 0 Å². The zero-order valence-corrected chi connectivity index (χ0v) is 12.3. The van der Waals surface area contributed by atoms with Crippen LogP contribution in [0.3, 0.4) is 0 Å². The Balaban J connectivity index is 2.12. The molecule has 0 aromatic rings. The van der Waals surface area contributed by atoms with Crippen molar-refractivity contribution in [2.24, 2.45) is 11.8 Å². The van der Waals surface area contributed by atoms with Crippen molar-refractivity contribution in [3.05, 3.63) is 0 Å². The van der Waals surface area contributed by atoms with Crippen molar-refractivity contribution >= 4 is 0 Å². The van der Waals surface area contributed by atoms with Crippen molar-refractivity contribution in [1.82, 2.24) is 5.32 Å². The van der Waals surface area contributed by atoms with E-state index in [0.717, 1.165) is 37.8 Å². The first-order valence-electron chi connectivity index (χ1n) is 7.63. The number of aliphatic hydroxyl groups is 1. The van der Waals surface area contributed by atoms with Gasteiger partial charge in [-0.2, -0.15) is 0 Å². The smallest absolute Gasteiger partial charge is 0.0585 e. The molecular weight excluding hydrogens is 226 g/mol. The van der Waals surface area contributed by atoms with Gasteiger partial charge in [-0.15, -0.1) is 0 Å². The van der Waals surface area contributed by atoms with Gasteiger partial charge in [-0.05, 0) is 50.5 Å². The maximum absolute atomic E-state index is 9.25. The highest BCUT2D eigenvalue weighted by Crippen LogP contribution is 2.30. The summed E-state index contributed by atoms with van der Waals surface area (Å²) in [7, 11) is 0. The van der Waals surface area contributed by atoms with Crippen molar-refractivity contribution in [2.45, 2.75) is 65.0 Å². The molecule has 0 heterocycles. The Morgan fingerprint density at radius 2 is 2.06 bits per heavy atom. The molecule has 2 N–H and O–H groups in total. The monoisotopic (exact) mass is 257 g/mol. The van der Waals surface area contributed by atoms with Gasteiger partial charge in [-0.1, -0.05) is 20.8 Å². The third kappa shape index (κ3) is 5.68. The van der Waals surface area contributed by atoms with Crippen LogP contribution in [0.4, 0.5) is 0 Å². The minimum Gasteiger partial charge on any atom is -0.395 e. The molecule has 3 nitrogen and oxygen atoms in total. The minimum absolute atomic E-state index is 0.199. The molecule has 108 valence electrons. The van der Waals surface area contributed by atoms with E-state index in [2.05, 4.69) is 26.1 Å². The lowest BCUT2D eigenvalue weighted by molar-refractivity contribution is -0.00292. The zero-order chi connectivity index (χ0) is 13.4. The summed E-state index contributed by atoms with van der Waals surface area (Å²) in [4.78, 5) is 0. The fraction of sp³-hybridized carbons (Fsp3) is 1.00. The molecule has 4 unspecified atom stereocenters. The standard InChI is InChI=1S/C15H31NO2/c1-4-8-16-14(11-17)7-9-18-15-6-5-12(2)13(3)10-15/h12-17H,4-11H2,1-3H3. The summed E-state index contributed by atoms with van der Waals surface area (Å²) in [5.74, 6) is 1.64. The molecule has 1 aliphatic carbocycles. The lowest BCUT2D eigenvalue weighted by Gasteiger charge is -2.32. The largest absolute Gasteiger partial charge is 0.395 e. The number of rotatable bonds is 8. The highest BCUT2D eigenvalue weighted by molar-refractivity contribution is 4.76. The van der Waals surface area contributed by atoms with E-state index in [1.807, 2.05) is 0 Å². The first-order valence-corrected chi connectivity index (χ1v) is 7.63. The maximum atomic E-state index is 9.25. The van der Waals surface area contributed by atoms with Gasteiger partial charge in [0, 0.05) is 12.6 Å². The predicted octanol–water partition coefficient (Wildman–Crippen LogP) is 2.58. The lowest BCUT2D eigenvalue weighted by Crippen LogP contribution is -2.35. The summed E-state index contributed by atoms with van der Waals surface area (Å²) < 4.78 is 5.96. The number of hydrogen-bond acceptors (Lipinski definition) is 3. The van der Waals surface area contributed by atoms with Gasteiger partial charge < -0.3 is 15.2 Å². The Morgan fingerprint density at radius 3 is 2.67 bits per heavy atom. The summed E-state index contributed by atoms with van der Waals surface area (Å²) >= 11 is 0. The molecular formula is C15H31NO2. The van der Waals surface area contributed by atoms with Gasteiger partial charge in [-0.25, -0.2) is 0 Å². The number of hydrogen-bond donors (Lipinski definition) is 2. The molecule has 0 aromatic heterocycles. The molecule has 0 aliphatic heterocycles. The number of nitrogens with one attached hydrogen (secondary N) is 1. The van der Waals surface area contributed by atoms with E-state index in [4.69, 9.17) is 4.74 Å². The van der Waals surface area contributed by atoms with Crippen LogP contribution in [0.1, 0.15) is 52.9 Å². The topological polar surface area (TPSA) is 41.5 Å². The van der Waals surface area contributed by atoms with Gasteiger partial charge in [-0.3, -0.25) is 0 Å². The number of aliphatic hydroxyl groups excluding tert-OH is 1. The molecule has 0 amide bonds. The molecule has 0 saturated heterocycles. The molecule has 0 radical (unpaired) electrons. The molecule has 0 aromatic carbocycles. The van der Waals surface area contributed by atoms with Gasteiger partial charge >= 0.3 is 0 Å². The first kappa shape index (κ1) is 15.9. The molecule has 3 heteroatoms. The third-order valence-corrected chi connectivity index (χ3v) is 4.27. The number of ether oxygens (including phenoxy) is 1. The van der Waals surface area contributed by atoms with Gasteiger partial charge in [0.1, 0.15) is 0 Å². The quantitative estimate of drug-likeness (QED) is 0.702. The van der Waals surface area contributed by atoms with Crippen LogP contribution >= 0.6 is 0 Å². The average molecular weight is 257 g/mol. The van der Waals surface area contributed by atoms with E-state index in [0.29, 0.717) is 6.10 Å². The van der Waals surface area contributed by atoms with Crippen LogP contribution in [0.15, 0.2) is 0 Å². The summed E-state index contributed by atoms with van der Waals surface area (Å²) in [6.45, 7) is 8.78. The first-order chi connectivity index (χ1) is 8.67. The van der Waals surface area contributed by atoms with Gasteiger partial charge in [0.15, 0.2) is 0 Å². The predicted molar refractivity (Wildman–Crippen MR) is 75.7 cm³/mol. The van der Waals surface area contributed by atoms with E-state index in [1.165, 1.54) is 19.3 Å². The molecule has 1 rings (SSSR count). The lowest BCUT2D eigenvalue weighted by atomic mass is 9.80. The van der Waals surface area contributed by atoms with Crippen LogP contribution in [0.25, 0.3) is 0 Å². The zero-order valence-electron chi connectivity index (χ0n) is 12.3. The second-order valence-electron chi connectivity index (χ2n) is 5.88. The van der Waals surface area contributed by atoms with E-state index in [9.17, 15) is 5.11 Å². The second-order valence-corrected chi connectivity index (χ2v) is 5.88. The van der Waals surface area contributed by atoms with Crippen molar-refractivity contribution in [1.29, 1.82) is 0 Å². The molecule has 0 spiro atoms. The van der Waals surface area contributed by atoms with Gasteiger partial charge in [0.2, 0.25) is 0 Å². The fourth-order valence-corrected chi connectivity index (χ4v) is 2.63.